The van der Waals surface area contributed by atoms with Crippen LogP contribution in [0.1, 0.15) is 13.8 Å². The average Bonchev–Trinajstić information content (AvgIpc) is 2.38. The Morgan fingerprint density at radius 2 is 1.76 bits per heavy atom. The predicted octanol–water partition coefficient (Wildman–Crippen LogP) is 0.373. The molecule has 21 heavy (non-hydrogen) atoms. The molecule has 0 saturated carbocycles. The van der Waals surface area contributed by atoms with Crippen molar-refractivity contribution >= 4 is 30.7 Å². The number of ether oxygens (including phenoxy) is 2. The largest absolute Gasteiger partial charge is 0.383 e. The predicted molar refractivity (Wildman–Crippen MR) is 88.5 cm³/mol. The molecule has 8 heteroatoms. The number of piperazine rings is 1. The molecule has 1 heterocycles. The number of carbonyl (C=O) groups is 1. The summed E-state index contributed by atoms with van der Waals surface area (Å²) in [6.45, 7) is 9.25. The maximum Gasteiger partial charge on any atom is 0.241 e. The third-order valence-corrected chi connectivity index (χ3v) is 3.21. The number of halogens is 2. The van der Waals surface area contributed by atoms with Crippen LogP contribution >= 0.6 is 24.8 Å². The monoisotopic (exact) mass is 345 g/mol. The van der Waals surface area contributed by atoms with Crippen molar-refractivity contribution in [2.45, 2.75) is 26.0 Å². The molecule has 0 aromatic carbocycles. The number of nitrogens with two attached hydrogens (primary N) is 1. The fraction of sp³-hybridized carbons (Fsp3) is 0.923. The zero-order valence-electron chi connectivity index (χ0n) is 13.1. The van der Waals surface area contributed by atoms with Gasteiger partial charge in [-0.15, -0.1) is 24.8 Å². The van der Waals surface area contributed by atoms with Crippen LogP contribution in [0.15, 0.2) is 0 Å². The first kappa shape index (κ1) is 23.2. The molecule has 1 fully saturated rings. The van der Waals surface area contributed by atoms with E-state index >= 15 is 0 Å². The molecule has 0 aliphatic carbocycles. The van der Waals surface area contributed by atoms with Crippen LogP contribution in [0, 0.1) is 0 Å². The lowest BCUT2D eigenvalue weighted by molar-refractivity contribution is -0.135. The first-order valence-corrected chi connectivity index (χ1v) is 6.92. The van der Waals surface area contributed by atoms with Gasteiger partial charge in [-0.3, -0.25) is 9.69 Å². The number of methoxy groups -OCH3 is 1. The van der Waals surface area contributed by atoms with Crippen molar-refractivity contribution in [1.29, 1.82) is 0 Å². The van der Waals surface area contributed by atoms with Crippen LogP contribution in [0.4, 0.5) is 0 Å². The van der Waals surface area contributed by atoms with Crippen molar-refractivity contribution in [2.75, 3.05) is 53.0 Å². The summed E-state index contributed by atoms with van der Waals surface area (Å²) < 4.78 is 10.4. The highest BCUT2D eigenvalue weighted by Crippen LogP contribution is 2.04. The van der Waals surface area contributed by atoms with Gasteiger partial charge in [-0.05, 0) is 13.8 Å². The van der Waals surface area contributed by atoms with Gasteiger partial charge in [-0.2, -0.15) is 0 Å². The molecule has 128 valence electrons. The number of hydrogen-bond acceptors (Lipinski definition) is 5. The van der Waals surface area contributed by atoms with Crippen molar-refractivity contribution < 1.29 is 14.3 Å². The Hall–Kier alpha value is -0.110. The third kappa shape index (κ3) is 8.80. The molecule has 1 aliphatic rings. The van der Waals surface area contributed by atoms with Gasteiger partial charge in [0.05, 0.1) is 19.3 Å². The van der Waals surface area contributed by atoms with Gasteiger partial charge in [0.2, 0.25) is 5.91 Å². The minimum Gasteiger partial charge on any atom is -0.383 e. The Labute approximate surface area is 140 Å². The molecule has 6 nitrogen and oxygen atoms in total. The lowest BCUT2D eigenvalue weighted by Crippen LogP contribution is -2.54. The van der Waals surface area contributed by atoms with Gasteiger partial charge in [0, 0.05) is 39.8 Å². The maximum absolute atomic E-state index is 12.0. The van der Waals surface area contributed by atoms with Crippen molar-refractivity contribution in [3.05, 3.63) is 0 Å². The molecule has 1 aliphatic heterocycles. The highest BCUT2D eigenvalue weighted by Gasteiger charge is 2.24. The van der Waals surface area contributed by atoms with E-state index in [0.29, 0.717) is 0 Å². The van der Waals surface area contributed by atoms with Crippen LogP contribution < -0.4 is 5.73 Å². The van der Waals surface area contributed by atoms with Crippen LogP contribution in [-0.2, 0) is 14.3 Å². The average molecular weight is 346 g/mol. The van der Waals surface area contributed by atoms with E-state index < -0.39 is 6.04 Å². The molecule has 1 saturated heterocycles. The first-order valence-electron chi connectivity index (χ1n) is 6.92. The van der Waals surface area contributed by atoms with Crippen molar-refractivity contribution in [2.24, 2.45) is 5.73 Å². The van der Waals surface area contributed by atoms with Gasteiger partial charge in [0.1, 0.15) is 6.04 Å². The summed E-state index contributed by atoms with van der Waals surface area (Å²) in [5.74, 6) is -0.0140. The summed E-state index contributed by atoms with van der Waals surface area (Å²) in [5.41, 5.74) is 5.76. The highest BCUT2D eigenvalue weighted by atomic mass is 35.5. The molecular formula is C13H29Cl2N3O3. The van der Waals surface area contributed by atoms with Gasteiger partial charge in [-0.1, -0.05) is 0 Å². The van der Waals surface area contributed by atoms with Crippen LogP contribution in [0.25, 0.3) is 0 Å². The summed E-state index contributed by atoms with van der Waals surface area (Å²) in [7, 11) is 1.56. The summed E-state index contributed by atoms with van der Waals surface area (Å²) in [5, 5.41) is 0. The molecule has 0 spiro atoms. The van der Waals surface area contributed by atoms with Crippen LogP contribution in [0.5, 0.6) is 0 Å². The smallest absolute Gasteiger partial charge is 0.241 e. The number of hydrogen-bond donors (Lipinski definition) is 1. The van der Waals surface area contributed by atoms with E-state index in [4.69, 9.17) is 15.2 Å². The second-order valence-electron chi connectivity index (χ2n) is 5.15. The zero-order valence-corrected chi connectivity index (χ0v) is 14.8. The van der Waals surface area contributed by atoms with E-state index in [1.54, 1.807) is 7.11 Å². The fourth-order valence-electron chi connectivity index (χ4n) is 2.09. The molecule has 0 bridgehead atoms. The summed E-state index contributed by atoms with van der Waals surface area (Å²) in [6, 6.07) is -0.541. The SMILES string of the molecule is COCC(N)C(=O)N1CCN(CCOC(C)C)CC1.Cl.Cl. The number of rotatable bonds is 7. The fourth-order valence-corrected chi connectivity index (χ4v) is 2.09. The Morgan fingerprint density at radius 3 is 2.24 bits per heavy atom. The van der Waals surface area contributed by atoms with Gasteiger partial charge < -0.3 is 20.1 Å². The standard InChI is InChI=1S/C13H27N3O3.2ClH/c1-11(2)19-9-8-15-4-6-16(7-5-15)13(17)12(14)10-18-3;;/h11-12H,4-10,14H2,1-3H3;2*1H. The highest BCUT2D eigenvalue weighted by molar-refractivity contribution is 5.85. The molecule has 1 rings (SSSR count). The zero-order chi connectivity index (χ0) is 14.3. The summed E-state index contributed by atoms with van der Waals surface area (Å²) in [4.78, 5) is 16.1. The Balaban J connectivity index is 0. The second-order valence-corrected chi connectivity index (χ2v) is 5.15. The Kier molecular flexibility index (Phi) is 13.7. The van der Waals surface area contributed by atoms with Crippen LogP contribution in [0.3, 0.4) is 0 Å². The third-order valence-electron chi connectivity index (χ3n) is 3.21. The van der Waals surface area contributed by atoms with Gasteiger partial charge in [0.15, 0.2) is 0 Å². The molecule has 1 amide bonds. The summed E-state index contributed by atoms with van der Waals surface area (Å²) >= 11 is 0. The van der Waals surface area contributed by atoms with Gasteiger partial charge in [-0.25, -0.2) is 0 Å². The molecule has 1 unspecified atom stereocenters. The number of nitrogens with zero attached hydrogens (tertiary/aromatic N) is 2. The van der Waals surface area contributed by atoms with E-state index in [0.717, 1.165) is 39.3 Å². The first-order chi connectivity index (χ1) is 9.04. The quantitative estimate of drug-likeness (QED) is 0.722. The van der Waals surface area contributed by atoms with Crippen LogP contribution in [0.2, 0.25) is 0 Å². The molecule has 1 atom stereocenters. The molecule has 0 radical (unpaired) electrons. The normalized spacial score (nSPS) is 17.1. The lowest BCUT2D eigenvalue weighted by Gasteiger charge is -2.35. The molecule has 0 aromatic rings. The second kappa shape index (κ2) is 12.4. The molecule has 2 N–H and O–H groups in total. The van der Waals surface area contributed by atoms with Crippen molar-refractivity contribution in [1.82, 2.24) is 9.80 Å². The minimum atomic E-state index is -0.541. The van der Waals surface area contributed by atoms with E-state index in [-0.39, 0.29) is 43.4 Å². The minimum absolute atomic E-state index is 0. The Morgan fingerprint density at radius 1 is 1.19 bits per heavy atom. The Bertz CT molecular complexity index is 275. The maximum atomic E-state index is 12.0. The van der Waals surface area contributed by atoms with Gasteiger partial charge in [0.25, 0.3) is 0 Å². The molecular weight excluding hydrogens is 317 g/mol. The van der Waals surface area contributed by atoms with Gasteiger partial charge >= 0.3 is 0 Å². The van der Waals surface area contributed by atoms with E-state index in [2.05, 4.69) is 4.90 Å². The topological polar surface area (TPSA) is 68.0 Å². The number of carbonyl (C=O) groups excluding carboxylic acids is 1. The number of amides is 1. The molecule has 0 aromatic heterocycles. The van der Waals surface area contributed by atoms with E-state index in [1.807, 2.05) is 18.7 Å². The van der Waals surface area contributed by atoms with Crippen LogP contribution in [-0.4, -0.2) is 80.9 Å². The van der Waals surface area contributed by atoms with E-state index in [1.165, 1.54) is 0 Å². The van der Waals surface area contributed by atoms with E-state index in [9.17, 15) is 4.79 Å². The lowest BCUT2D eigenvalue weighted by atomic mass is 10.2. The van der Waals surface area contributed by atoms with Crippen molar-refractivity contribution in [3.8, 4) is 0 Å². The van der Waals surface area contributed by atoms with Crippen molar-refractivity contribution in [3.63, 3.8) is 0 Å². The summed E-state index contributed by atoms with van der Waals surface area (Å²) in [6.07, 6.45) is 0.273.